The maximum absolute atomic E-state index is 12.9. The van der Waals surface area contributed by atoms with E-state index >= 15 is 0 Å². The number of nitrogens with zero attached hydrogens (tertiary/aromatic N) is 1. The molecule has 0 bridgehead atoms. The maximum Gasteiger partial charge on any atom is 0.257 e. The molecule has 2 saturated carbocycles. The fraction of sp³-hybridized carbons (Fsp3) is 0.500. The van der Waals surface area contributed by atoms with Gasteiger partial charge in [-0.15, -0.1) is 0 Å². The normalized spacial score (nSPS) is 24.9. The van der Waals surface area contributed by atoms with Crippen LogP contribution < -0.4 is 16.4 Å². The third-order valence-corrected chi connectivity index (χ3v) is 7.76. The van der Waals surface area contributed by atoms with E-state index in [0.717, 1.165) is 50.4 Å². The average Bonchev–Trinajstić information content (AvgIpc) is 2.83. The van der Waals surface area contributed by atoms with E-state index in [9.17, 15) is 9.59 Å². The summed E-state index contributed by atoms with van der Waals surface area (Å²) < 4.78 is 0. The van der Waals surface area contributed by atoms with Crippen molar-refractivity contribution in [3.8, 4) is 0 Å². The molecule has 182 valence electrons. The third kappa shape index (κ3) is 6.71. The minimum Gasteiger partial charge on any atom is -0.349 e. The van der Waals surface area contributed by atoms with Crippen LogP contribution in [0.2, 0.25) is 10.2 Å². The van der Waals surface area contributed by atoms with Crippen molar-refractivity contribution < 1.29 is 9.59 Å². The van der Waals surface area contributed by atoms with Crippen LogP contribution in [0.5, 0.6) is 0 Å². The fourth-order valence-corrected chi connectivity index (χ4v) is 5.45. The Hall–Kier alpha value is -2.15. The third-order valence-electron chi connectivity index (χ3n) is 7.21. The zero-order valence-corrected chi connectivity index (χ0v) is 20.7. The number of benzene rings is 1. The van der Waals surface area contributed by atoms with Gasteiger partial charge in [-0.2, -0.15) is 0 Å². The van der Waals surface area contributed by atoms with E-state index in [1.165, 1.54) is 25.5 Å². The number of aromatic nitrogens is 1. The summed E-state index contributed by atoms with van der Waals surface area (Å²) in [5.74, 6) is 1.06. The molecule has 2 aliphatic rings. The molecule has 4 N–H and O–H groups in total. The Morgan fingerprint density at radius 3 is 2.18 bits per heavy atom. The van der Waals surface area contributed by atoms with Crippen LogP contribution in [0.3, 0.4) is 0 Å². The number of carbonyl (C=O) groups excluding carboxylic acids is 2. The predicted octanol–water partition coefficient (Wildman–Crippen LogP) is 5.84. The minimum atomic E-state index is -0.373. The fourth-order valence-electron chi connectivity index (χ4n) is 5.17. The molecule has 1 heterocycles. The van der Waals surface area contributed by atoms with Gasteiger partial charge in [-0.05, 0) is 100.0 Å². The summed E-state index contributed by atoms with van der Waals surface area (Å²) in [5, 5.41) is 6.58. The lowest BCUT2D eigenvalue weighted by Gasteiger charge is -2.33. The van der Waals surface area contributed by atoms with E-state index in [-0.39, 0.29) is 17.9 Å². The molecule has 0 aliphatic heterocycles. The van der Waals surface area contributed by atoms with Crippen LogP contribution in [0, 0.1) is 11.8 Å². The van der Waals surface area contributed by atoms with Gasteiger partial charge in [-0.3, -0.25) is 9.59 Å². The molecule has 0 atom stereocenters. The molecule has 0 spiro atoms. The largest absolute Gasteiger partial charge is 0.349 e. The van der Waals surface area contributed by atoms with Crippen molar-refractivity contribution in [1.82, 2.24) is 10.3 Å². The van der Waals surface area contributed by atoms with Gasteiger partial charge in [0.25, 0.3) is 11.8 Å². The molecule has 2 amide bonds. The lowest BCUT2D eigenvalue weighted by molar-refractivity contribution is 0.0917. The summed E-state index contributed by atoms with van der Waals surface area (Å²) in [6, 6.07) is 8.61. The highest BCUT2D eigenvalue weighted by Crippen LogP contribution is 2.35. The molecule has 1 aromatic carbocycles. The zero-order valence-electron chi connectivity index (χ0n) is 19.2. The molecule has 2 aliphatic carbocycles. The van der Waals surface area contributed by atoms with Crippen molar-refractivity contribution in [2.45, 2.75) is 69.9 Å². The maximum atomic E-state index is 12.9. The Balaban J connectivity index is 1.29. The summed E-state index contributed by atoms with van der Waals surface area (Å²) >= 11 is 12.0. The number of anilines is 1. The van der Waals surface area contributed by atoms with Crippen LogP contribution in [0.1, 0.15) is 78.5 Å². The molecule has 34 heavy (non-hydrogen) atoms. The van der Waals surface area contributed by atoms with Crippen LogP contribution in [0.25, 0.3) is 0 Å². The van der Waals surface area contributed by atoms with Crippen molar-refractivity contribution in [2.24, 2.45) is 17.6 Å². The SMILES string of the molecule is NC1CCC(CC2CCC(NC(=O)c3ccc(Cl)c(NC(=O)c4ccc(Cl)nc4)c3)CC2)CC1. The summed E-state index contributed by atoms with van der Waals surface area (Å²) in [5.41, 5.74) is 7.24. The highest BCUT2D eigenvalue weighted by molar-refractivity contribution is 6.34. The van der Waals surface area contributed by atoms with Crippen molar-refractivity contribution in [1.29, 1.82) is 0 Å². The second-order valence-electron chi connectivity index (χ2n) is 9.73. The van der Waals surface area contributed by atoms with Crippen LogP contribution in [0.15, 0.2) is 36.5 Å². The van der Waals surface area contributed by atoms with E-state index in [1.54, 1.807) is 30.3 Å². The lowest BCUT2D eigenvalue weighted by atomic mass is 9.76. The number of nitrogens with one attached hydrogen (secondary N) is 2. The number of rotatable bonds is 6. The summed E-state index contributed by atoms with van der Waals surface area (Å²) in [7, 11) is 0. The topological polar surface area (TPSA) is 97.1 Å². The summed E-state index contributed by atoms with van der Waals surface area (Å²) in [4.78, 5) is 29.3. The smallest absolute Gasteiger partial charge is 0.257 e. The number of amides is 2. The molecule has 2 aromatic rings. The van der Waals surface area contributed by atoms with Gasteiger partial charge in [0, 0.05) is 23.8 Å². The van der Waals surface area contributed by atoms with Crippen LogP contribution in [-0.4, -0.2) is 28.9 Å². The standard InChI is InChI=1S/C26H32Cl2N4O2/c27-22-11-5-18(14-23(22)32-26(34)19-6-12-24(28)30-15-19)25(33)31-21-9-3-17(4-10-21)13-16-1-7-20(29)8-2-16/h5-6,11-12,14-17,20-21H,1-4,7-10,13,29H2,(H,31,33)(H,32,34). The number of carbonyl (C=O) groups is 2. The van der Waals surface area contributed by atoms with Crippen LogP contribution in [-0.2, 0) is 0 Å². The van der Waals surface area contributed by atoms with Gasteiger partial charge < -0.3 is 16.4 Å². The van der Waals surface area contributed by atoms with Gasteiger partial charge in [0.2, 0.25) is 0 Å². The molecule has 1 aromatic heterocycles. The Kier molecular flexibility index (Phi) is 8.46. The first-order valence-electron chi connectivity index (χ1n) is 12.2. The highest BCUT2D eigenvalue weighted by Gasteiger charge is 2.27. The monoisotopic (exact) mass is 502 g/mol. The number of pyridine rings is 1. The molecule has 0 unspecified atom stereocenters. The number of hydrogen-bond donors (Lipinski definition) is 3. The van der Waals surface area contributed by atoms with Crippen LogP contribution in [0.4, 0.5) is 5.69 Å². The average molecular weight is 503 g/mol. The highest BCUT2D eigenvalue weighted by atomic mass is 35.5. The lowest BCUT2D eigenvalue weighted by Crippen LogP contribution is -2.38. The predicted molar refractivity (Wildman–Crippen MR) is 136 cm³/mol. The van der Waals surface area contributed by atoms with E-state index in [1.807, 2.05) is 0 Å². The van der Waals surface area contributed by atoms with Crippen molar-refractivity contribution in [3.05, 3.63) is 57.8 Å². The molecule has 4 rings (SSSR count). The van der Waals surface area contributed by atoms with Crippen LogP contribution >= 0.6 is 23.2 Å². The Labute approximate surface area is 211 Å². The molecule has 2 fully saturated rings. The molecule has 8 heteroatoms. The number of halogens is 2. The quantitative estimate of drug-likeness (QED) is 0.432. The van der Waals surface area contributed by atoms with Gasteiger partial charge in [-0.25, -0.2) is 4.98 Å². The van der Waals surface area contributed by atoms with Gasteiger partial charge in [0.05, 0.1) is 16.3 Å². The van der Waals surface area contributed by atoms with Crippen molar-refractivity contribution in [2.75, 3.05) is 5.32 Å². The minimum absolute atomic E-state index is 0.148. The second-order valence-corrected chi connectivity index (χ2v) is 10.5. The second kappa shape index (κ2) is 11.5. The first-order chi connectivity index (χ1) is 16.4. The Bertz CT molecular complexity index is 998. The molecular formula is C26H32Cl2N4O2. The Morgan fingerprint density at radius 2 is 1.53 bits per heavy atom. The summed E-state index contributed by atoms with van der Waals surface area (Å²) in [6.07, 6.45) is 11.9. The van der Waals surface area contributed by atoms with Gasteiger partial charge in [0.15, 0.2) is 0 Å². The number of hydrogen-bond acceptors (Lipinski definition) is 4. The van der Waals surface area contributed by atoms with Gasteiger partial charge >= 0.3 is 0 Å². The Morgan fingerprint density at radius 1 is 0.882 bits per heavy atom. The zero-order chi connectivity index (χ0) is 24.1. The van der Waals surface area contributed by atoms with Crippen molar-refractivity contribution >= 4 is 40.7 Å². The summed E-state index contributed by atoms with van der Waals surface area (Å²) in [6.45, 7) is 0. The van der Waals surface area contributed by atoms with E-state index in [2.05, 4.69) is 15.6 Å². The first kappa shape index (κ1) is 25.0. The van der Waals surface area contributed by atoms with E-state index < -0.39 is 0 Å². The number of nitrogens with two attached hydrogens (primary N) is 1. The molecule has 0 radical (unpaired) electrons. The first-order valence-corrected chi connectivity index (χ1v) is 12.9. The molecular weight excluding hydrogens is 471 g/mol. The van der Waals surface area contributed by atoms with Crippen molar-refractivity contribution in [3.63, 3.8) is 0 Å². The molecule has 0 saturated heterocycles. The van der Waals surface area contributed by atoms with Gasteiger partial charge in [-0.1, -0.05) is 23.2 Å². The van der Waals surface area contributed by atoms with E-state index in [4.69, 9.17) is 28.9 Å². The van der Waals surface area contributed by atoms with Gasteiger partial charge in [0.1, 0.15) is 5.15 Å². The van der Waals surface area contributed by atoms with E-state index in [0.29, 0.717) is 33.0 Å². The molecule has 6 nitrogen and oxygen atoms in total.